The van der Waals surface area contributed by atoms with Gasteiger partial charge in [0, 0.05) is 27.1 Å². The predicted octanol–water partition coefficient (Wildman–Crippen LogP) is 4.03. The van der Waals surface area contributed by atoms with E-state index in [1.807, 2.05) is 6.92 Å². The molecule has 22 heavy (non-hydrogen) atoms. The lowest BCUT2D eigenvalue weighted by Gasteiger charge is -2.41. The lowest BCUT2D eigenvalue weighted by atomic mass is 10.1. The van der Waals surface area contributed by atoms with Crippen LogP contribution in [0.15, 0.2) is 0 Å². The Balaban J connectivity index is 5.17. The molecular formula is C15H31O5PSi. The summed E-state index contributed by atoms with van der Waals surface area (Å²) in [5.74, 6) is -0.877. The second kappa shape index (κ2) is 8.64. The molecule has 0 rings (SSSR count). The van der Waals surface area contributed by atoms with E-state index in [-0.39, 0.29) is 38.0 Å². The molecule has 0 spiro atoms. The van der Waals surface area contributed by atoms with Crippen LogP contribution in [0, 0.1) is 0 Å². The van der Waals surface area contributed by atoms with Gasteiger partial charge < -0.3 is 13.9 Å². The highest BCUT2D eigenvalue weighted by atomic mass is 31.1. The number of rotatable bonds is 10. The van der Waals surface area contributed by atoms with E-state index in [1.54, 1.807) is 14.2 Å². The maximum atomic E-state index is 11.9. The molecule has 130 valence electrons. The molecule has 0 amide bonds. The van der Waals surface area contributed by atoms with Crippen LogP contribution in [0.25, 0.3) is 0 Å². The van der Waals surface area contributed by atoms with Crippen molar-refractivity contribution >= 4 is 22.6 Å². The van der Waals surface area contributed by atoms with Gasteiger partial charge in [0.15, 0.2) is 22.6 Å². The highest BCUT2D eigenvalue weighted by Gasteiger charge is 2.41. The molecule has 0 saturated carbocycles. The van der Waals surface area contributed by atoms with Crippen LogP contribution < -0.4 is 0 Å². The minimum atomic E-state index is -2.03. The summed E-state index contributed by atoms with van der Waals surface area (Å²) in [5, 5.41) is 0.0433. The van der Waals surface area contributed by atoms with E-state index in [0.717, 1.165) is 0 Å². The molecule has 7 heteroatoms. The molecule has 0 N–H and O–H groups in total. The van der Waals surface area contributed by atoms with Gasteiger partial charge in [-0.2, -0.15) is 0 Å². The van der Waals surface area contributed by atoms with Crippen molar-refractivity contribution in [3.05, 3.63) is 0 Å². The molecule has 0 aromatic heterocycles. The number of carbonyl (C=O) groups is 1. The van der Waals surface area contributed by atoms with Crippen molar-refractivity contribution in [1.29, 1.82) is 0 Å². The predicted molar refractivity (Wildman–Crippen MR) is 91.2 cm³/mol. The minimum absolute atomic E-state index is 0.0219. The molecule has 0 saturated heterocycles. The van der Waals surface area contributed by atoms with E-state index in [4.69, 9.17) is 13.9 Å². The Kier molecular flexibility index (Phi) is 8.59. The summed E-state index contributed by atoms with van der Waals surface area (Å²) >= 11 is 0. The van der Waals surface area contributed by atoms with Crippen LogP contribution in [-0.2, 0) is 23.3 Å². The molecule has 0 aliphatic carbocycles. The van der Waals surface area contributed by atoms with Crippen molar-refractivity contribution in [2.75, 3.05) is 20.4 Å². The van der Waals surface area contributed by atoms with Crippen LogP contribution in [-0.4, -0.2) is 46.4 Å². The normalized spacial score (nSPS) is 15.1. The van der Waals surface area contributed by atoms with Gasteiger partial charge in [-0.05, 0) is 25.1 Å². The quantitative estimate of drug-likeness (QED) is 0.338. The smallest absolute Gasteiger partial charge is 0.192 e. The third-order valence-corrected chi connectivity index (χ3v) is 9.44. The molecule has 0 unspecified atom stereocenters. The van der Waals surface area contributed by atoms with Crippen molar-refractivity contribution in [2.24, 2.45) is 0 Å². The molecule has 0 aliphatic rings. The molecule has 0 aromatic rings. The fraction of sp³-hybridized carbons (Fsp3) is 0.933. The second-order valence-corrected chi connectivity index (χ2v) is 12.6. The lowest BCUT2D eigenvalue weighted by molar-refractivity contribution is -0.208. The molecule has 0 aliphatic heterocycles. The van der Waals surface area contributed by atoms with Crippen molar-refractivity contribution in [2.45, 2.75) is 70.6 Å². The van der Waals surface area contributed by atoms with Gasteiger partial charge in [-0.1, -0.05) is 20.8 Å². The molecule has 0 fully saturated rings. The Labute approximate surface area is 137 Å². The summed E-state index contributed by atoms with van der Waals surface area (Å²) in [4.78, 5) is 11.9. The molecule has 0 radical (unpaired) electrons. The largest absolute Gasteiger partial charge is 0.413 e. The minimum Gasteiger partial charge on any atom is -0.413 e. The van der Waals surface area contributed by atoms with Crippen LogP contribution in [0.1, 0.15) is 40.5 Å². The van der Waals surface area contributed by atoms with Gasteiger partial charge >= 0.3 is 0 Å². The van der Waals surface area contributed by atoms with Crippen LogP contribution in [0.2, 0.25) is 18.1 Å². The maximum Gasteiger partial charge on any atom is 0.192 e. The number of carbonyl (C=O) groups excluding carboxylic acids is 1. The van der Waals surface area contributed by atoms with Crippen molar-refractivity contribution in [3.8, 4) is 0 Å². The van der Waals surface area contributed by atoms with Crippen LogP contribution in [0.5, 0.6) is 0 Å². The second-order valence-electron chi connectivity index (χ2n) is 7.28. The topological polar surface area (TPSA) is 61.8 Å². The Hall–Kier alpha value is -0.133. The summed E-state index contributed by atoms with van der Waals surface area (Å²) in [6.45, 7) is 12.6. The zero-order valence-corrected chi connectivity index (χ0v) is 17.1. The average Bonchev–Trinajstić information content (AvgIpc) is 2.36. The number of ether oxygens (including phenoxy) is 2. The first-order valence-electron chi connectivity index (χ1n) is 7.49. The first-order valence-corrected chi connectivity index (χ1v) is 11.4. The van der Waals surface area contributed by atoms with E-state index in [9.17, 15) is 9.36 Å². The molecule has 0 bridgehead atoms. The summed E-state index contributed by atoms with van der Waals surface area (Å²) in [7, 11) is 0.970. The summed E-state index contributed by atoms with van der Waals surface area (Å²) in [6, 6.07) is 0. The highest BCUT2D eigenvalue weighted by molar-refractivity contribution is 7.25. The Morgan fingerprint density at radius 2 is 1.64 bits per heavy atom. The first-order chi connectivity index (χ1) is 9.90. The lowest BCUT2D eigenvalue weighted by Crippen LogP contribution is -2.47. The zero-order chi connectivity index (χ0) is 17.6. The van der Waals surface area contributed by atoms with Gasteiger partial charge in [-0.3, -0.25) is 9.36 Å². The number of ketones is 1. The standard InChI is InChI=1S/C15H31O5PSi/c1-14(2,3)22(7,8)20-13(9-12(16)11-21-17)10-15(4,18-5)19-6/h13H,9-11H2,1-8H3/t13-/m1/s1. The van der Waals surface area contributed by atoms with Crippen LogP contribution in [0.3, 0.4) is 0 Å². The van der Waals surface area contributed by atoms with Crippen LogP contribution in [0.4, 0.5) is 0 Å². The average molecular weight is 350 g/mol. The van der Waals surface area contributed by atoms with Gasteiger partial charge in [-0.25, -0.2) is 0 Å². The van der Waals surface area contributed by atoms with Gasteiger partial charge in [-0.15, -0.1) is 0 Å². The Morgan fingerprint density at radius 3 is 2.00 bits per heavy atom. The van der Waals surface area contributed by atoms with Gasteiger partial charge in [0.2, 0.25) is 0 Å². The number of hydrogen-bond donors (Lipinski definition) is 0. The van der Waals surface area contributed by atoms with Gasteiger partial charge in [0.25, 0.3) is 0 Å². The first kappa shape index (κ1) is 21.9. The molecular weight excluding hydrogens is 319 g/mol. The SMILES string of the molecule is COC(C)(C[C@@H](CC(=O)CP=O)O[Si](C)(C)C(C)(C)C)OC. The monoisotopic (exact) mass is 350 g/mol. The maximum absolute atomic E-state index is 11.9. The molecule has 5 nitrogen and oxygen atoms in total. The molecule has 1 atom stereocenters. The van der Waals surface area contributed by atoms with Crippen molar-refractivity contribution in [3.63, 3.8) is 0 Å². The third kappa shape index (κ3) is 6.96. The van der Waals surface area contributed by atoms with Crippen molar-refractivity contribution < 1.29 is 23.3 Å². The van der Waals surface area contributed by atoms with Crippen LogP contribution >= 0.6 is 8.46 Å². The number of hydrogen-bond acceptors (Lipinski definition) is 5. The van der Waals surface area contributed by atoms with E-state index >= 15 is 0 Å². The number of Topliss-reactive ketones (excluding diaryl/α,β-unsaturated/α-hetero) is 1. The number of methoxy groups -OCH3 is 2. The third-order valence-electron chi connectivity index (χ3n) is 4.43. The van der Waals surface area contributed by atoms with Crippen molar-refractivity contribution in [1.82, 2.24) is 0 Å². The Morgan fingerprint density at radius 1 is 1.14 bits per heavy atom. The fourth-order valence-corrected chi connectivity index (χ4v) is 3.43. The molecule has 0 heterocycles. The Bertz CT molecular complexity index is 375. The molecule has 0 aromatic carbocycles. The fourth-order valence-electron chi connectivity index (χ4n) is 1.80. The summed E-state index contributed by atoms with van der Waals surface area (Å²) < 4.78 is 27.8. The summed E-state index contributed by atoms with van der Waals surface area (Å²) in [5.41, 5.74) is 0. The van der Waals surface area contributed by atoms with E-state index in [1.165, 1.54) is 0 Å². The van der Waals surface area contributed by atoms with E-state index in [0.29, 0.717) is 6.42 Å². The van der Waals surface area contributed by atoms with Gasteiger partial charge in [0.1, 0.15) is 5.78 Å². The summed E-state index contributed by atoms with van der Waals surface area (Å²) in [6.07, 6.45) is 0.395. The van der Waals surface area contributed by atoms with E-state index < -0.39 is 14.1 Å². The van der Waals surface area contributed by atoms with E-state index in [2.05, 4.69) is 33.9 Å². The highest BCUT2D eigenvalue weighted by Crippen LogP contribution is 2.38. The zero-order valence-electron chi connectivity index (χ0n) is 15.2. The van der Waals surface area contributed by atoms with Gasteiger partial charge in [0.05, 0.1) is 12.3 Å².